The number of aryl methyl sites for hydroxylation is 1. The van der Waals surface area contributed by atoms with E-state index in [0.717, 1.165) is 17.3 Å². The van der Waals surface area contributed by atoms with Gasteiger partial charge in [-0.05, 0) is 13.8 Å². The highest BCUT2D eigenvalue weighted by Crippen LogP contribution is 2.35. The third kappa shape index (κ3) is 3.36. The van der Waals surface area contributed by atoms with Crippen LogP contribution >= 0.6 is 0 Å². The minimum atomic E-state index is -4.66. The first-order valence-electron chi connectivity index (χ1n) is 6.14. The van der Waals surface area contributed by atoms with Crippen LogP contribution in [0.5, 0.6) is 0 Å². The lowest BCUT2D eigenvalue weighted by Crippen LogP contribution is -2.16. The van der Waals surface area contributed by atoms with Crippen molar-refractivity contribution < 1.29 is 21.6 Å². The molecule has 0 aromatic carbocycles. The van der Waals surface area contributed by atoms with E-state index in [0.29, 0.717) is 0 Å². The zero-order chi connectivity index (χ0) is 17.6. The molecule has 0 aliphatic carbocycles. The van der Waals surface area contributed by atoms with Gasteiger partial charge in [-0.15, -0.1) is 0 Å². The monoisotopic (exact) mass is 350 g/mol. The second-order valence-corrected chi connectivity index (χ2v) is 6.58. The van der Waals surface area contributed by atoms with Gasteiger partial charge in [-0.3, -0.25) is 0 Å². The molecule has 0 atom stereocenters. The minimum Gasteiger partial charge on any atom is -0.383 e. The smallest absolute Gasteiger partial charge is 0.383 e. The van der Waals surface area contributed by atoms with Crippen LogP contribution in [0, 0.1) is 13.8 Å². The lowest BCUT2D eigenvalue weighted by atomic mass is 10.2. The van der Waals surface area contributed by atoms with E-state index in [-0.39, 0.29) is 23.0 Å². The zero-order valence-electron chi connectivity index (χ0n) is 12.3. The predicted octanol–water partition coefficient (Wildman–Crippen LogP) is 1.44. The summed E-state index contributed by atoms with van der Waals surface area (Å²) in [5, 5.41) is 6.29. The Labute approximate surface area is 129 Å². The Balaban J connectivity index is 2.42. The SMILES string of the molecule is Cc1nc(Nc2cnn(S(C)(=O)=O)c2C)nc(N)c1C(F)(F)F. The van der Waals surface area contributed by atoms with Gasteiger partial charge in [-0.2, -0.15) is 27.3 Å². The molecule has 126 valence electrons. The molecular weight excluding hydrogens is 337 g/mol. The summed E-state index contributed by atoms with van der Waals surface area (Å²) in [5.74, 6) is -0.912. The number of rotatable bonds is 3. The summed E-state index contributed by atoms with van der Waals surface area (Å²) >= 11 is 0. The summed E-state index contributed by atoms with van der Waals surface area (Å²) in [4.78, 5) is 7.26. The summed E-state index contributed by atoms with van der Waals surface area (Å²) in [6.07, 6.45) is -2.50. The minimum absolute atomic E-state index is 0.191. The van der Waals surface area contributed by atoms with E-state index in [4.69, 9.17) is 5.73 Å². The molecule has 2 rings (SSSR count). The summed E-state index contributed by atoms with van der Waals surface area (Å²) in [5.41, 5.74) is 4.35. The third-order valence-corrected chi connectivity index (χ3v) is 3.93. The molecule has 0 saturated heterocycles. The van der Waals surface area contributed by atoms with Crippen LogP contribution in [0.3, 0.4) is 0 Å². The first-order valence-corrected chi connectivity index (χ1v) is 7.99. The normalized spacial score (nSPS) is 12.4. The highest BCUT2D eigenvalue weighted by molar-refractivity contribution is 7.89. The number of aromatic nitrogens is 4. The van der Waals surface area contributed by atoms with Crippen molar-refractivity contribution in [3.63, 3.8) is 0 Å². The number of halogens is 3. The van der Waals surface area contributed by atoms with Gasteiger partial charge in [0, 0.05) is 0 Å². The molecule has 0 saturated carbocycles. The van der Waals surface area contributed by atoms with E-state index >= 15 is 0 Å². The van der Waals surface area contributed by atoms with Crippen LogP contribution in [0.2, 0.25) is 0 Å². The van der Waals surface area contributed by atoms with E-state index < -0.39 is 27.6 Å². The predicted molar refractivity (Wildman–Crippen MR) is 76.7 cm³/mol. The van der Waals surface area contributed by atoms with Crippen molar-refractivity contribution in [2.75, 3.05) is 17.3 Å². The topological polar surface area (TPSA) is 116 Å². The maximum atomic E-state index is 12.8. The van der Waals surface area contributed by atoms with Gasteiger partial charge in [0.05, 0.1) is 29.5 Å². The van der Waals surface area contributed by atoms with Crippen molar-refractivity contribution in [2.24, 2.45) is 0 Å². The molecule has 12 heteroatoms. The molecule has 0 aliphatic heterocycles. The van der Waals surface area contributed by atoms with Crippen molar-refractivity contribution in [3.8, 4) is 0 Å². The molecular formula is C11H13F3N6O2S. The maximum Gasteiger partial charge on any atom is 0.421 e. The molecule has 2 aromatic heterocycles. The number of nitrogens with zero attached hydrogens (tertiary/aromatic N) is 4. The fraction of sp³-hybridized carbons (Fsp3) is 0.364. The van der Waals surface area contributed by atoms with Crippen molar-refractivity contribution in [2.45, 2.75) is 20.0 Å². The molecule has 3 N–H and O–H groups in total. The molecule has 0 radical (unpaired) electrons. The summed E-state index contributed by atoms with van der Waals surface area (Å²) in [6, 6.07) is 0. The molecule has 2 heterocycles. The number of hydrogen-bond acceptors (Lipinski definition) is 7. The van der Waals surface area contributed by atoms with Crippen molar-refractivity contribution in [1.29, 1.82) is 0 Å². The Morgan fingerprint density at radius 1 is 1.26 bits per heavy atom. The molecule has 2 aromatic rings. The zero-order valence-corrected chi connectivity index (χ0v) is 13.1. The van der Waals surface area contributed by atoms with Crippen LogP contribution < -0.4 is 11.1 Å². The number of nitrogens with two attached hydrogens (primary N) is 1. The van der Waals surface area contributed by atoms with Crippen LogP contribution in [-0.2, 0) is 16.2 Å². The van der Waals surface area contributed by atoms with E-state index in [1.807, 2.05) is 0 Å². The van der Waals surface area contributed by atoms with Crippen LogP contribution in [0.15, 0.2) is 6.20 Å². The third-order valence-electron chi connectivity index (χ3n) is 2.93. The lowest BCUT2D eigenvalue weighted by molar-refractivity contribution is -0.137. The van der Waals surface area contributed by atoms with E-state index in [9.17, 15) is 21.6 Å². The van der Waals surface area contributed by atoms with Gasteiger partial charge in [-0.1, -0.05) is 0 Å². The Morgan fingerprint density at radius 2 is 1.87 bits per heavy atom. The quantitative estimate of drug-likeness (QED) is 0.860. The molecule has 8 nitrogen and oxygen atoms in total. The highest BCUT2D eigenvalue weighted by atomic mass is 32.2. The van der Waals surface area contributed by atoms with Crippen molar-refractivity contribution in [3.05, 3.63) is 23.1 Å². The van der Waals surface area contributed by atoms with E-state index in [1.54, 1.807) is 0 Å². The molecule has 0 spiro atoms. The van der Waals surface area contributed by atoms with E-state index in [1.165, 1.54) is 13.1 Å². The molecule has 0 bridgehead atoms. The number of anilines is 3. The lowest BCUT2D eigenvalue weighted by Gasteiger charge is -2.13. The highest BCUT2D eigenvalue weighted by Gasteiger charge is 2.36. The standard InChI is InChI=1S/C11H13F3N6O2S/c1-5-8(11(12,13)14)9(15)19-10(17-5)18-7-4-16-20(6(7)2)23(3,21)22/h4H,1-3H3,(H3,15,17,18,19). The Kier molecular flexibility index (Phi) is 3.96. The Hall–Kier alpha value is -2.37. The molecule has 0 aliphatic rings. The second kappa shape index (κ2) is 5.37. The van der Waals surface area contributed by atoms with Gasteiger partial charge in [0.25, 0.3) is 10.0 Å². The van der Waals surface area contributed by atoms with Gasteiger partial charge < -0.3 is 11.1 Å². The van der Waals surface area contributed by atoms with Gasteiger partial charge >= 0.3 is 6.18 Å². The van der Waals surface area contributed by atoms with Gasteiger partial charge in [0.1, 0.15) is 11.4 Å². The average Bonchev–Trinajstić information content (AvgIpc) is 2.67. The molecule has 0 unspecified atom stereocenters. The summed E-state index contributed by atoms with van der Waals surface area (Å²) in [6.45, 7) is 2.62. The average molecular weight is 350 g/mol. The van der Waals surface area contributed by atoms with E-state index in [2.05, 4.69) is 20.4 Å². The molecule has 0 fully saturated rings. The summed E-state index contributed by atoms with van der Waals surface area (Å²) in [7, 11) is -3.60. The number of hydrogen-bond donors (Lipinski definition) is 2. The second-order valence-electron chi connectivity index (χ2n) is 4.77. The molecule has 0 amide bonds. The molecule has 23 heavy (non-hydrogen) atoms. The first kappa shape index (κ1) is 17.0. The fourth-order valence-electron chi connectivity index (χ4n) is 1.97. The first-order chi connectivity index (χ1) is 10.4. The number of alkyl halides is 3. The maximum absolute atomic E-state index is 12.8. The van der Waals surface area contributed by atoms with Crippen LogP contribution in [0.4, 0.5) is 30.6 Å². The number of nitrogen functional groups attached to an aromatic ring is 1. The van der Waals surface area contributed by atoms with Crippen molar-refractivity contribution >= 4 is 27.5 Å². The van der Waals surface area contributed by atoms with Crippen molar-refractivity contribution in [1.82, 2.24) is 19.2 Å². The van der Waals surface area contributed by atoms with Gasteiger partial charge in [0.15, 0.2) is 0 Å². The Morgan fingerprint density at radius 3 is 2.30 bits per heavy atom. The van der Waals surface area contributed by atoms with Crippen LogP contribution in [-0.4, -0.2) is 33.8 Å². The van der Waals surface area contributed by atoms with Crippen LogP contribution in [0.1, 0.15) is 17.0 Å². The van der Waals surface area contributed by atoms with Gasteiger partial charge in [-0.25, -0.2) is 13.4 Å². The van der Waals surface area contributed by atoms with Crippen LogP contribution in [0.25, 0.3) is 0 Å². The summed E-state index contributed by atoms with van der Waals surface area (Å²) < 4.78 is 62.2. The fourth-order valence-corrected chi connectivity index (χ4v) is 2.79. The largest absolute Gasteiger partial charge is 0.421 e. The Bertz CT molecular complexity index is 836. The van der Waals surface area contributed by atoms with Gasteiger partial charge in [0.2, 0.25) is 5.95 Å². The number of nitrogens with one attached hydrogen (secondary N) is 1.